The summed E-state index contributed by atoms with van der Waals surface area (Å²) in [5, 5.41) is 20.0. The number of rotatable bonds is 0. The lowest BCUT2D eigenvalue weighted by Gasteiger charge is -1.99. The first-order chi connectivity index (χ1) is 8.20. The van der Waals surface area contributed by atoms with Crippen molar-refractivity contribution in [1.82, 2.24) is 0 Å². The van der Waals surface area contributed by atoms with Crippen molar-refractivity contribution in [3.8, 4) is 22.3 Å². The minimum atomic E-state index is -0.116. The molecule has 0 aromatic heterocycles. The first-order valence-corrected chi connectivity index (χ1v) is 5.10. The van der Waals surface area contributed by atoms with E-state index in [1.165, 1.54) is 0 Å². The lowest BCUT2D eigenvalue weighted by Crippen LogP contribution is -2.06. The fraction of sp³-hybridized carbons (Fsp3) is 0. The molecule has 2 N–H and O–H groups in total. The molecule has 3 aliphatic rings. The molecule has 3 rings (SSSR count). The van der Waals surface area contributed by atoms with E-state index in [0.717, 1.165) is 11.1 Å². The van der Waals surface area contributed by atoms with Crippen LogP contribution in [-0.4, -0.2) is 5.21 Å². The first-order valence-electron chi connectivity index (χ1n) is 5.10. The van der Waals surface area contributed by atoms with E-state index in [-0.39, 0.29) is 5.43 Å². The summed E-state index contributed by atoms with van der Waals surface area (Å²) in [5.41, 5.74) is 2.63. The predicted octanol–water partition coefficient (Wildman–Crippen LogP) is 0.901. The fourth-order valence-corrected chi connectivity index (χ4v) is 2.13. The van der Waals surface area contributed by atoms with Gasteiger partial charge in [0.2, 0.25) is 0 Å². The molecule has 0 aromatic rings. The largest absolute Gasteiger partial charge is 0.410 e. The Morgan fingerprint density at radius 2 is 1.59 bits per heavy atom. The van der Waals surface area contributed by atoms with Gasteiger partial charge in [-0.25, -0.2) is 0 Å². The van der Waals surface area contributed by atoms with Gasteiger partial charge in [-0.15, -0.1) is 0 Å². The molecule has 0 bridgehead atoms. The van der Waals surface area contributed by atoms with E-state index >= 15 is 0 Å². The Bertz CT molecular complexity index is 797. The number of hydrogen-bond acceptors (Lipinski definition) is 4. The summed E-state index contributed by atoms with van der Waals surface area (Å²) in [6.07, 6.45) is 0. The van der Waals surface area contributed by atoms with Crippen molar-refractivity contribution in [1.29, 1.82) is 5.41 Å². The van der Waals surface area contributed by atoms with Gasteiger partial charge in [-0.2, -0.15) is 0 Å². The molecule has 0 spiro atoms. The number of hydrogen-bond donors (Lipinski definition) is 2. The fourth-order valence-electron chi connectivity index (χ4n) is 2.13. The molecule has 0 saturated heterocycles. The van der Waals surface area contributed by atoms with Crippen molar-refractivity contribution in [2.45, 2.75) is 0 Å². The van der Waals surface area contributed by atoms with Crippen LogP contribution in [-0.2, 0) is 0 Å². The summed E-state index contributed by atoms with van der Waals surface area (Å²) in [6.45, 7) is 0. The molecule has 17 heavy (non-hydrogen) atoms. The van der Waals surface area contributed by atoms with E-state index < -0.39 is 0 Å². The summed E-state index contributed by atoms with van der Waals surface area (Å²) in [7, 11) is 0. The third-order valence-corrected chi connectivity index (χ3v) is 2.92. The summed E-state index contributed by atoms with van der Waals surface area (Å²) in [5.74, 6) is 0. The second-order valence-electron chi connectivity index (χ2n) is 3.92. The second kappa shape index (κ2) is 3.25. The van der Waals surface area contributed by atoms with E-state index in [1.54, 1.807) is 36.4 Å². The van der Waals surface area contributed by atoms with E-state index in [4.69, 9.17) is 10.6 Å². The van der Waals surface area contributed by atoms with Crippen LogP contribution in [0.1, 0.15) is 0 Å². The normalized spacial score (nSPS) is 12.6. The quantitative estimate of drug-likeness (QED) is 0.440. The van der Waals surface area contributed by atoms with Crippen LogP contribution >= 0.6 is 0 Å². The highest BCUT2D eigenvalue weighted by molar-refractivity contribution is 5.90. The minimum absolute atomic E-state index is 0.116. The Morgan fingerprint density at radius 1 is 0.941 bits per heavy atom. The molecule has 0 radical (unpaired) electrons. The van der Waals surface area contributed by atoms with E-state index in [0.29, 0.717) is 21.8 Å². The Morgan fingerprint density at radius 3 is 2.29 bits per heavy atom. The number of nitrogens with one attached hydrogen (secondary N) is 1. The first kappa shape index (κ1) is 9.72. The van der Waals surface area contributed by atoms with E-state index in [9.17, 15) is 4.79 Å². The zero-order valence-corrected chi connectivity index (χ0v) is 8.77. The van der Waals surface area contributed by atoms with Crippen LogP contribution in [0.4, 0.5) is 0 Å². The Kier molecular flexibility index (Phi) is 1.86. The Labute approximate surface area is 96.0 Å². The molecule has 4 heteroatoms. The highest BCUT2D eigenvalue weighted by atomic mass is 16.4. The topological polar surface area (TPSA) is 73.5 Å². The van der Waals surface area contributed by atoms with Crippen LogP contribution in [0.5, 0.6) is 0 Å². The number of nitrogens with zero attached hydrogens (tertiary/aromatic N) is 1. The minimum Gasteiger partial charge on any atom is -0.410 e. The second-order valence-corrected chi connectivity index (χ2v) is 3.92. The van der Waals surface area contributed by atoms with Crippen LogP contribution in [0.25, 0.3) is 22.3 Å². The van der Waals surface area contributed by atoms with Gasteiger partial charge in [-0.1, -0.05) is 17.3 Å². The summed E-state index contributed by atoms with van der Waals surface area (Å²) in [4.78, 5) is 12.1. The monoisotopic (exact) mass is 224 g/mol. The predicted molar refractivity (Wildman–Crippen MR) is 61.5 cm³/mol. The molecule has 0 saturated carbocycles. The molecule has 4 nitrogen and oxygen atoms in total. The van der Waals surface area contributed by atoms with Gasteiger partial charge in [0.1, 0.15) is 5.36 Å². The van der Waals surface area contributed by atoms with Gasteiger partial charge in [0.05, 0.1) is 5.36 Å². The highest BCUT2D eigenvalue weighted by Crippen LogP contribution is 2.32. The summed E-state index contributed by atoms with van der Waals surface area (Å²) >= 11 is 0. The van der Waals surface area contributed by atoms with Crippen molar-refractivity contribution in [3.05, 3.63) is 57.3 Å². The number of fused-ring (bicyclic) bond motifs is 3. The van der Waals surface area contributed by atoms with Gasteiger partial charge in [0.15, 0.2) is 5.43 Å². The molecule has 0 amide bonds. The van der Waals surface area contributed by atoms with Crippen molar-refractivity contribution in [2.24, 2.45) is 5.16 Å². The Hall–Kier alpha value is -2.49. The van der Waals surface area contributed by atoms with Gasteiger partial charge in [-0.05, 0) is 35.4 Å². The molecular formula is C13H8N2O2. The molecule has 3 aliphatic carbocycles. The van der Waals surface area contributed by atoms with Gasteiger partial charge >= 0.3 is 0 Å². The third-order valence-electron chi connectivity index (χ3n) is 2.92. The maximum absolute atomic E-state index is 12.1. The van der Waals surface area contributed by atoms with Crippen LogP contribution in [0, 0.1) is 5.41 Å². The number of benzene rings is 2. The van der Waals surface area contributed by atoms with Crippen molar-refractivity contribution >= 4 is 0 Å². The third kappa shape index (κ3) is 1.27. The van der Waals surface area contributed by atoms with Gasteiger partial charge in [0, 0.05) is 11.1 Å². The molecular weight excluding hydrogens is 216 g/mol. The molecule has 82 valence electrons. The molecule has 0 aliphatic heterocycles. The van der Waals surface area contributed by atoms with Gasteiger partial charge in [0.25, 0.3) is 0 Å². The molecule has 0 atom stereocenters. The molecule has 0 heterocycles. The summed E-state index contributed by atoms with van der Waals surface area (Å²) in [6, 6.07) is 9.96. The molecule has 0 aromatic carbocycles. The lowest BCUT2D eigenvalue weighted by atomic mass is 10.0. The van der Waals surface area contributed by atoms with Crippen LogP contribution in [0.15, 0.2) is 46.3 Å². The highest BCUT2D eigenvalue weighted by Gasteiger charge is 2.20. The van der Waals surface area contributed by atoms with Crippen LogP contribution in [0.3, 0.4) is 0 Å². The van der Waals surface area contributed by atoms with E-state index in [1.807, 2.05) is 0 Å². The van der Waals surface area contributed by atoms with Gasteiger partial charge in [-0.3, -0.25) is 4.79 Å². The van der Waals surface area contributed by atoms with Crippen molar-refractivity contribution in [3.63, 3.8) is 0 Å². The molecule has 0 unspecified atom stereocenters. The van der Waals surface area contributed by atoms with Crippen LogP contribution < -0.4 is 16.1 Å². The zero-order chi connectivity index (χ0) is 12.0. The van der Waals surface area contributed by atoms with Crippen molar-refractivity contribution in [2.75, 3.05) is 0 Å². The van der Waals surface area contributed by atoms with Crippen LogP contribution in [0.2, 0.25) is 0 Å². The maximum Gasteiger partial charge on any atom is 0.194 e. The molecule has 0 fully saturated rings. The smallest absolute Gasteiger partial charge is 0.194 e. The average molecular weight is 224 g/mol. The Balaban J connectivity index is 2.57. The average Bonchev–Trinajstić information content (AvgIpc) is 2.62. The standard InChI is InChI=1S/C13H8N2O2/c14-7-1-3-9-10-4-2-8(15-17)6-12(10)13(16)11(9)5-7/h1-6,14,17H. The SMILES string of the molecule is N=c1ccc2c3ccc(=NO)cc-3c(=O)c-2c1. The summed E-state index contributed by atoms with van der Waals surface area (Å²) < 4.78 is 0. The van der Waals surface area contributed by atoms with E-state index in [2.05, 4.69) is 5.16 Å². The maximum atomic E-state index is 12.1. The van der Waals surface area contributed by atoms with Gasteiger partial charge < -0.3 is 10.6 Å². The zero-order valence-electron chi connectivity index (χ0n) is 8.77. The lowest BCUT2D eigenvalue weighted by molar-refractivity contribution is 0.302. The van der Waals surface area contributed by atoms with Crippen molar-refractivity contribution < 1.29 is 5.21 Å².